The van der Waals surface area contributed by atoms with Gasteiger partial charge in [-0.2, -0.15) is 0 Å². The number of carbonyl (C=O) groups is 3. The van der Waals surface area contributed by atoms with E-state index in [9.17, 15) is 14.4 Å². The minimum Gasteiger partial charge on any atom is -0.350 e. The molecule has 1 aliphatic carbocycles. The van der Waals surface area contributed by atoms with Crippen molar-refractivity contribution < 1.29 is 14.4 Å². The van der Waals surface area contributed by atoms with Gasteiger partial charge in [-0.25, -0.2) is 5.43 Å². The van der Waals surface area contributed by atoms with Gasteiger partial charge in [0.25, 0.3) is 0 Å². The SMILES string of the molecule is O=C(NCc1ccccn1)C1CCN(C(=O)CC2NNC(=O)C3CCCCC23)CC1. The number of carbonyl (C=O) groups excluding carboxylic acids is 3. The first kappa shape index (κ1) is 20.8. The van der Waals surface area contributed by atoms with Crippen molar-refractivity contribution in [2.45, 2.75) is 57.5 Å². The minimum atomic E-state index is -0.0624. The molecule has 0 aromatic carbocycles. The van der Waals surface area contributed by atoms with Crippen LogP contribution in [-0.2, 0) is 20.9 Å². The summed E-state index contributed by atoms with van der Waals surface area (Å²) in [5.41, 5.74) is 6.69. The van der Waals surface area contributed by atoms with Gasteiger partial charge in [-0.15, -0.1) is 0 Å². The number of pyridine rings is 1. The van der Waals surface area contributed by atoms with E-state index in [1.165, 1.54) is 0 Å². The largest absolute Gasteiger partial charge is 0.350 e. The van der Waals surface area contributed by atoms with Crippen molar-refractivity contribution in [3.05, 3.63) is 30.1 Å². The second-order valence-electron chi connectivity index (χ2n) is 8.69. The van der Waals surface area contributed by atoms with Crippen LogP contribution in [-0.4, -0.2) is 46.7 Å². The van der Waals surface area contributed by atoms with E-state index < -0.39 is 0 Å². The Morgan fingerprint density at radius 2 is 1.93 bits per heavy atom. The van der Waals surface area contributed by atoms with Gasteiger partial charge in [-0.3, -0.25) is 24.8 Å². The molecule has 3 atom stereocenters. The molecule has 3 amide bonds. The lowest BCUT2D eigenvalue weighted by atomic mass is 9.73. The van der Waals surface area contributed by atoms with Crippen LogP contribution in [0.15, 0.2) is 24.4 Å². The predicted octanol–water partition coefficient (Wildman–Crippen LogP) is 1.14. The molecule has 1 aromatic rings. The molecular weight excluding hydrogens is 382 g/mol. The lowest BCUT2D eigenvalue weighted by molar-refractivity contribution is -0.140. The number of fused-ring (bicyclic) bond motifs is 1. The summed E-state index contributed by atoms with van der Waals surface area (Å²) in [4.78, 5) is 43.5. The van der Waals surface area contributed by atoms with Gasteiger partial charge >= 0.3 is 0 Å². The van der Waals surface area contributed by atoms with E-state index in [-0.39, 0.29) is 41.5 Å². The normalized spacial score (nSPS) is 27.1. The van der Waals surface area contributed by atoms with Crippen LogP contribution in [0.2, 0.25) is 0 Å². The van der Waals surface area contributed by atoms with E-state index in [0.29, 0.717) is 38.9 Å². The van der Waals surface area contributed by atoms with Crippen LogP contribution in [0.5, 0.6) is 0 Å². The highest BCUT2D eigenvalue weighted by Gasteiger charge is 2.41. The van der Waals surface area contributed by atoms with E-state index in [2.05, 4.69) is 21.2 Å². The highest BCUT2D eigenvalue weighted by molar-refractivity contribution is 5.82. The quantitative estimate of drug-likeness (QED) is 0.672. The Morgan fingerprint density at radius 3 is 2.70 bits per heavy atom. The summed E-state index contributed by atoms with van der Waals surface area (Å²) in [6.45, 7) is 1.64. The van der Waals surface area contributed by atoms with Gasteiger partial charge in [0.15, 0.2) is 0 Å². The molecular formula is C22H31N5O3. The van der Waals surface area contributed by atoms with Gasteiger partial charge in [0.1, 0.15) is 0 Å². The van der Waals surface area contributed by atoms with Crippen molar-refractivity contribution in [2.24, 2.45) is 17.8 Å². The Hall–Kier alpha value is -2.48. The molecule has 3 fully saturated rings. The van der Waals surface area contributed by atoms with Gasteiger partial charge in [0.2, 0.25) is 17.7 Å². The molecule has 1 aromatic heterocycles. The molecule has 3 N–H and O–H groups in total. The molecule has 8 nitrogen and oxygen atoms in total. The summed E-state index contributed by atoms with van der Waals surface area (Å²) in [7, 11) is 0. The Balaban J connectivity index is 1.23. The van der Waals surface area contributed by atoms with Crippen molar-refractivity contribution in [1.29, 1.82) is 0 Å². The smallest absolute Gasteiger partial charge is 0.237 e. The van der Waals surface area contributed by atoms with E-state index in [0.717, 1.165) is 31.4 Å². The summed E-state index contributed by atoms with van der Waals surface area (Å²) in [5.74, 6) is 0.431. The molecule has 0 bridgehead atoms. The number of nitrogens with one attached hydrogen (secondary N) is 3. The molecule has 4 rings (SSSR count). The molecule has 3 heterocycles. The Labute approximate surface area is 177 Å². The zero-order valence-electron chi connectivity index (χ0n) is 17.3. The Morgan fingerprint density at radius 1 is 1.13 bits per heavy atom. The summed E-state index contributed by atoms with van der Waals surface area (Å²) in [5, 5.41) is 2.96. The number of piperidine rings is 1. The van der Waals surface area contributed by atoms with E-state index in [4.69, 9.17) is 0 Å². The van der Waals surface area contributed by atoms with Crippen LogP contribution in [0.25, 0.3) is 0 Å². The first-order valence-corrected chi connectivity index (χ1v) is 11.1. The van der Waals surface area contributed by atoms with E-state index >= 15 is 0 Å². The molecule has 0 radical (unpaired) electrons. The lowest BCUT2D eigenvalue weighted by Gasteiger charge is -2.41. The second kappa shape index (κ2) is 9.55. The predicted molar refractivity (Wildman–Crippen MR) is 111 cm³/mol. The van der Waals surface area contributed by atoms with Crippen LogP contribution in [0.4, 0.5) is 0 Å². The number of hydrogen-bond donors (Lipinski definition) is 3. The van der Waals surface area contributed by atoms with Crippen LogP contribution in [0.3, 0.4) is 0 Å². The number of hydrazine groups is 1. The number of hydrogen-bond acceptors (Lipinski definition) is 5. The minimum absolute atomic E-state index is 0.0000977. The van der Waals surface area contributed by atoms with Crippen molar-refractivity contribution in [3.8, 4) is 0 Å². The maximum absolute atomic E-state index is 12.9. The van der Waals surface area contributed by atoms with Gasteiger partial charge < -0.3 is 10.2 Å². The van der Waals surface area contributed by atoms with Crippen LogP contribution in [0.1, 0.15) is 50.6 Å². The molecule has 2 aliphatic heterocycles. The average molecular weight is 414 g/mol. The summed E-state index contributed by atoms with van der Waals surface area (Å²) in [6.07, 6.45) is 7.61. The Bertz CT molecular complexity index is 763. The third-order valence-electron chi connectivity index (χ3n) is 6.84. The highest BCUT2D eigenvalue weighted by atomic mass is 16.2. The molecule has 1 saturated carbocycles. The van der Waals surface area contributed by atoms with Crippen LogP contribution in [0, 0.1) is 17.8 Å². The monoisotopic (exact) mass is 413 g/mol. The fraction of sp³-hybridized carbons (Fsp3) is 0.636. The second-order valence-corrected chi connectivity index (χ2v) is 8.69. The summed E-state index contributed by atoms with van der Waals surface area (Å²) < 4.78 is 0. The van der Waals surface area contributed by atoms with Crippen molar-refractivity contribution in [2.75, 3.05) is 13.1 Å². The molecule has 3 unspecified atom stereocenters. The van der Waals surface area contributed by atoms with Crippen LogP contribution >= 0.6 is 0 Å². The van der Waals surface area contributed by atoms with E-state index in [1.807, 2.05) is 23.1 Å². The number of rotatable bonds is 5. The zero-order valence-corrected chi connectivity index (χ0v) is 17.3. The number of nitrogens with zero attached hydrogens (tertiary/aromatic N) is 2. The first-order chi connectivity index (χ1) is 14.6. The van der Waals surface area contributed by atoms with Crippen molar-refractivity contribution in [1.82, 2.24) is 26.1 Å². The fourth-order valence-electron chi connectivity index (χ4n) is 5.07. The Kier molecular flexibility index (Phi) is 6.62. The third-order valence-corrected chi connectivity index (χ3v) is 6.84. The fourth-order valence-corrected chi connectivity index (χ4v) is 5.07. The van der Waals surface area contributed by atoms with Crippen LogP contribution < -0.4 is 16.2 Å². The maximum Gasteiger partial charge on any atom is 0.237 e. The summed E-state index contributed by atoms with van der Waals surface area (Å²) >= 11 is 0. The topological polar surface area (TPSA) is 103 Å². The molecule has 3 aliphatic rings. The van der Waals surface area contributed by atoms with Gasteiger partial charge in [-0.05, 0) is 43.7 Å². The molecule has 162 valence electrons. The van der Waals surface area contributed by atoms with Crippen molar-refractivity contribution in [3.63, 3.8) is 0 Å². The lowest BCUT2D eigenvalue weighted by Crippen LogP contribution is -2.60. The molecule has 30 heavy (non-hydrogen) atoms. The summed E-state index contributed by atoms with van der Waals surface area (Å²) in [6, 6.07) is 5.64. The molecule has 8 heteroatoms. The zero-order chi connectivity index (χ0) is 20.9. The van der Waals surface area contributed by atoms with E-state index in [1.54, 1.807) is 6.20 Å². The van der Waals surface area contributed by atoms with Crippen molar-refractivity contribution >= 4 is 17.7 Å². The molecule has 0 spiro atoms. The van der Waals surface area contributed by atoms with Gasteiger partial charge in [0, 0.05) is 43.6 Å². The van der Waals surface area contributed by atoms with Gasteiger partial charge in [-0.1, -0.05) is 18.9 Å². The standard InChI is InChI=1S/C22H31N5O3/c28-20(13-19-17-6-1-2-7-18(17)22(30)26-25-19)27-11-8-15(9-12-27)21(29)24-14-16-5-3-4-10-23-16/h3-5,10,15,17-19,25H,1-2,6-9,11-14H2,(H,24,29)(H,26,30). The number of amides is 3. The number of likely N-dealkylation sites (tertiary alicyclic amines) is 1. The molecule has 2 saturated heterocycles. The average Bonchev–Trinajstić information content (AvgIpc) is 2.80. The highest BCUT2D eigenvalue weighted by Crippen LogP contribution is 2.35. The van der Waals surface area contributed by atoms with Gasteiger partial charge in [0.05, 0.1) is 12.2 Å². The first-order valence-electron chi connectivity index (χ1n) is 11.1. The number of aromatic nitrogens is 1. The maximum atomic E-state index is 12.9. The third kappa shape index (κ3) is 4.80.